The van der Waals surface area contributed by atoms with Gasteiger partial charge >= 0.3 is 12.4 Å². The van der Waals surface area contributed by atoms with Gasteiger partial charge in [0.1, 0.15) is 0 Å². The molecule has 1 amide bonds. The van der Waals surface area contributed by atoms with Crippen molar-refractivity contribution in [2.45, 2.75) is 29.7 Å². The Morgan fingerprint density at radius 2 is 1.77 bits per heavy atom. The van der Waals surface area contributed by atoms with Crippen molar-refractivity contribution in [3.8, 4) is 0 Å². The first-order valence-electron chi connectivity index (χ1n) is 6.82. The maximum absolute atomic E-state index is 12.9. The first kappa shape index (κ1) is 19.9. The van der Waals surface area contributed by atoms with Crippen LogP contribution in [0.3, 0.4) is 0 Å². The van der Waals surface area contributed by atoms with Gasteiger partial charge in [-0.25, -0.2) is 4.68 Å². The van der Waals surface area contributed by atoms with E-state index in [0.29, 0.717) is 11.8 Å². The molecule has 2 rings (SSSR count). The maximum atomic E-state index is 12.9. The van der Waals surface area contributed by atoms with E-state index in [2.05, 4.69) is 15.5 Å². The Morgan fingerprint density at radius 3 is 2.31 bits per heavy atom. The number of carbonyl (C=O) groups is 1. The Kier molecular flexibility index (Phi) is 5.39. The fourth-order valence-corrected chi connectivity index (χ4v) is 2.61. The second-order valence-corrected chi connectivity index (χ2v) is 6.27. The van der Waals surface area contributed by atoms with Crippen molar-refractivity contribution in [3.63, 3.8) is 0 Å². The smallest absolute Gasteiger partial charge is 0.335 e. The second-order valence-electron chi connectivity index (χ2n) is 4.97. The van der Waals surface area contributed by atoms with E-state index in [0.717, 1.165) is 18.2 Å². The Balaban J connectivity index is 2.14. The molecular weight excluding hydrogens is 388 g/mol. The SMILES string of the molecule is CC(Sc1nnc(C(F)(F)F)n1N)C(=O)Nc1ccccc1C(F)(F)F. The molecule has 1 unspecified atom stereocenters. The molecule has 0 aliphatic carbocycles. The van der Waals surface area contributed by atoms with E-state index >= 15 is 0 Å². The largest absolute Gasteiger partial charge is 0.453 e. The number of aromatic nitrogens is 3. The molecule has 0 fully saturated rings. The first-order valence-corrected chi connectivity index (χ1v) is 7.70. The second kappa shape index (κ2) is 7.05. The van der Waals surface area contributed by atoms with Crippen molar-refractivity contribution in [2.24, 2.45) is 0 Å². The van der Waals surface area contributed by atoms with E-state index in [1.165, 1.54) is 13.0 Å². The molecule has 0 spiro atoms. The zero-order valence-corrected chi connectivity index (χ0v) is 13.7. The van der Waals surface area contributed by atoms with Crippen LogP contribution in [0.2, 0.25) is 0 Å². The van der Waals surface area contributed by atoms with Gasteiger partial charge < -0.3 is 11.2 Å². The third-order valence-corrected chi connectivity index (χ3v) is 4.12. The zero-order chi connectivity index (χ0) is 19.7. The molecule has 0 saturated heterocycles. The number of nitrogen functional groups attached to an aromatic ring is 1. The standard InChI is InChI=1S/C13H11F6N5OS/c1-6(26-11-23-22-10(24(11)20)13(17,18)19)9(25)21-8-5-3-2-4-7(8)12(14,15)16/h2-6H,20H2,1H3,(H,21,25). The number of thioether (sulfide) groups is 1. The van der Waals surface area contributed by atoms with Crippen LogP contribution < -0.4 is 11.2 Å². The predicted molar refractivity (Wildman–Crippen MR) is 80.6 cm³/mol. The molecule has 1 aromatic carbocycles. The van der Waals surface area contributed by atoms with E-state index in [1.807, 2.05) is 0 Å². The summed E-state index contributed by atoms with van der Waals surface area (Å²) < 4.78 is 76.7. The maximum Gasteiger partial charge on any atom is 0.453 e. The van der Waals surface area contributed by atoms with E-state index in [4.69, 9.17) is 5.84 Å². The Bertz CT molecular complexity index is 803. The number of nitrogens with one attached hydrogen (secondary N) is 1. The van der Waals surface area contributed by atoms with E-state index in [1.54, 1.807) is 0 Å². The van der Waals surface area contributed by atoms with Gasteiger partial charge in [-0.1, -0.05) is 23.9 Å². The molecule has 2 aromatic rings. The van der Waals surface area contributed by atoms with E-state index < -0.39 is 45.7 Å². The molecule has 0 radical (unpaired) electrons. The quantitative estimate of drug-likeness (QED) is 0.469. The number of carbonyl (C=O) groups excluding carboxylic acids is 1. The van der Waals surface area contributed by atoms with Gasteiger partial charge in [0.05, 0.1) is 16.5 Å². The van der Waals surface area contributed by atoms with Gasteiger partial charge in [-0.05, 0) is 19.1 Å². The number of amides is 1. The summed E-state index contributed by atoms with van der Waals surface area (Å²) in [7, 11) is 0. The summed E-state index contributed by atoms with van der Waals surface area (Å²) in [6.45, 7) is 1.28. The minimum absolute atomic E-state index is 0.165. The molecule has 26 heavy (non-hydrogen) atoms. The highest BCUT2D eigenvalue weighted by Crippen LogP contribution is 2.35. The average Bonchev–Trinajstić information content (AvgIpc) is 2.87. The van der Waals surface area contributed by atoms with Crippen LogP contribution in [0.4, 0.5) is 32.0 Å². The number of anilines is 1. The molecule has 142 valence electrons. The van der Waals surface area contributed by atoms with Crippen molar-refractivity contribution in [3.05, 3.63) is 35.7 Å². The van der Waals surface area contributed by atoms with Crippen molar-refractivity contribution in [1.82, 2.24) is 14.9 Å². The van der Waals surface area contributed by atoms with Crippen LogP contribution >= 0.6 is 11.8 Å². The number of benzene rings is 1. The van der Waals surface area contributed by atoms with Crippen molar-refractivity contribution < 1.29 is 31.1 Å². The van der Waals surface area contributed by atoms with E-state index in [9.17, 15) is 31.1 Å². The monoisotopic (exact) mass is 399 g/mol. The first-order chi connectivity index (χ1) is 11.9. The normalized spacial score (nSPS) is 13.5. The molecule has 13 heteroatoms. The van der Waals surface area contributed by atoms with Crippen LogP contribution in [-0.2, 0) is 17.1 Å². The lowest BCUT2D eigenvalue weighted by Crippen LogP contribution is -2.26. The summed E-state index contributed by atoms with van der Waals surface area (Å²) in [5.74, 6) is 2.91. The third-order valence-electron chi connectivity index (χ3n) is 3.06. The number of alkyl halides is 6. The minimum atomic E-state index is -4.84. The highest BCUT2D eigenvalue weighted by Gasteiger charge is 2.39. The molecule has 1 aromatic heterocycles. The molecule has 0 aliphatic heterocycles. The van der Waals surface area contributed by atoms with Crippen LogP contribution in [0.1, 0.15) is 18.3 Å². The van der Waals surface area contributed by atoms with Crippen LogP contribution in [0.25, 0.3) is 0 Å². The number of para-hydroxylation sites is 1. The van der Waals surface area contributed by atoms with Gasteiger partial charge in [-0.15, -0.1) is 10.2 Å². The van der Waals surface area contributed by atoms with Crippen molar-refractivity contribution >= 4 is 23.4 Å². The Morgan fingerprint density at radius 1 is 1.15 bits per heavy atom. The average molecular weight is 399 g/mol. The molecular formula is C13H11F6N5OS. The van der Waals surface area contributed by atoms with Gasteiger partial charge in [0, 0.05) is 0 Å². The highest BCUT2D eigenvalue weighted by molar-refractivity contribution is 8.00. The lowest BCUT2D eigenvalue weighted by molar-refractivity contribution is -0.146. The summed E-state index contributed by atoms with van der Waals surface area (Å²) in [6, 6.07) is 4.31. The Labute approximate surface area is 146 Å². The number of halogens is 6. The van der Waals surface area contributed by atoms with Crippen molar-refractivity contribution in [1.29, 1.82) is 0 Å². The number of hydrogen-bond donors (Lipinski definition) is 2. The predicted octanol–water partition coefficient (Wildman–Crippen LogP) is 3.15. The topological polar surface area (TPSA) is 85.8 Å². The van der Waals surface area contributed by atoms with Crippen LogP contribution in [0.5, 0.6) is 0 Å². The minimum Gasteiger partial charge on any atom is -0.335 e. The van der Waals surface area contributed by atoms with Crippen molar-refractivity contribution in [2.75, 3.05) is 11.2 Å². The summed E-state index contributed by atoms with van der Waals surface area (Å²) in [6.07, 6.45) is -9.52. The summed E-state index contributed by atoms with van der Waals surface area (Å²) >= 11 is 0.519. The lowest BCUT2D eigenvalue weighted by atomic mass is 10.1. The number of nitrogens with zero attached hydrogens (tertiary/aromatic N) is 3. The zero-order valence-electron chi connectivity index (χ0n) is 12.9. The van der Waals surface area contributed by atoms with Crippen LogP contribution in [0.15, 0.2) is 29.4 Å². The molecule has 0 saturated carbocycles. The molecule has 1 atom stereocenters. The highest BCUT2D eigenvalue weighted by atomic mass is 32.2. The van der Waals surface area contributed by atoms with Gasteiger partial charge in [-0.3, -0.25) is 4.79 Å². The molecule has 0 bridgehead atoms. The summed E-state index contributed by atoms with van der Waals surface area (Å²) in [5, 5.41) is 6.72. The number of hydrogen-bond acceptors (Lipinski definition) is 5. The summed E-state index contributed by atoms with van der Waals surface area (Å²) in [4.78, 5) is 12.1. The van der Waals surface area contributed by atoms with Gasteiger partial charge in [0.15, 0.2) is 0 Å². The lowest BCUT2D eigenvalue weighted by Gasteiger charge is -2.16. The van der Waals surface area contributed by atoms with Gasteiger partial charge in [-0.2, -0.15) is 26.3 Å². The van der Waals surface area contributed by atoms with Gasteiger partial charge in [0.25, 0.3) is 5.82 Å². The van der Waals surface area contributed by atoms with Gasteiger partial charge in [0.2, 0.25) is 11.1 Å². The van der Waals surface area contributed by atoms with E-state index in [-0.39, 0.29) is 4.68 Å². The fraction of sp³-hybridized carbons (Fsp3) is 0.308. The molecule has 1 heterocycles. The molecule has 6 nitrogen and oxygen atoms in total. The number of rotatable bonds is 4. The number of nitrogens with two attached hydrogens (primary N) is 1. The molecule has 3 N–H and O–H groups in total. The van der Waals surface area contributed by atoms with Crippen LogP contribution in [-0.4, -0.2) is 26.0 Å². The fourth-order valence-electron chi connectivity index (χ4n) is 1.84. The van der Waals surface area contributed by atoms with Crippen LogP contribution in [0, 0.1) is 0 Å². The molecule has 0 aliphatic rings. The third kappa shape index (κ3) is 4.39. The summed E-state index contributed by atoms with van der Waals surface area (Å²) in [5.41, 5.74) is -1.52. The Hall–Kier alpha value is -2.44.